The Morgan fingerprint density at radius 1 is 1.00 bits per heavy atom. The summed E-state index contributed by atoms with van der Waals surface area (Å²) >= 11 is 0. The highest BCUT2D eigenvalue weighted by atomic mass is 16.3. The fourth-order valence-electron chi connectivity index (χ4n) is 5.15. The predicted molar refractivity (Wildman–Crippen MR) is 136 cm³/mol. The second-order valence-electron chi connectivity index (χ2n) is 10.2. The van der Waals surface area contributed by atoms with E-state index in [-0.39, 0.29) is 23.2 Å². The van der Waals surface area contributed by atoms with Crippen molar-refractivity contribution in [2.45, 2.75) is 57.5 Å². The number of nitrogens with zero attached hydrogens (tertiary/aromatic N) is 2. The van der Waals surface area contributed by atoms with Gasteiger partial charge in [-0.1, -0.05) is 6.07 Å². The third-order valence-corrected chi connectivity index (χ3v) is 7.47. The summed E-state index contributed by atoms with van der Waals surface area (Å²) in [7, 11) is 4.29. The Kier molecular flexibility index (Phi) is 5.94. The lowest BCUT2D eigenvalue weighted by atomic mass is 9.89. The van der Waals surface area contributed by atoms with Gasteiger partial charge in [0, 0.05) is 29.6 Å². The first-order valence-electron chi connectivity index (χ1n) is 12.2. The minimum Gasteiger partial charge on any atom is -0.504 e. The van der Waals surface area contributed by atoms with Gasteiger partial charge >= 0.3 is 0 Å². The number of phenolic OH excluding ortho intramolecular Hbond substituents is 2. The second-order valence-corrected chi connectivity index (χ2v) is 10.2. The molecule has 2 aliphatic carbocycles. The van der Waals surface area contributed by atoms with Gasteiger partial charge in [-0.2, -0.15) is 0 Å². The predicted octanol–water partition coefficient (Wildman–Crippen LogP) is 5.50. The van der Waals surface area contributed by atoms with Gasteiger partial charge in [0.1, 0.15) is 0 Å². The lowest BCUT2D eigenvalue weighted by molar-refractivity contribution is 0.0968. The standard InChI is InChI=1S/C28H33N3O3/c1-16-12-19(14-25(32)27(16)33)18-6-11-24-22(13-18)26(23(15-29-24)28(34)17-4-5-17)30-20-7-9-21(10-8-20)31(2)3/h6,11-15,17,20-21,32-33H,4-5,7-10H2,1-3H3,(H,29,30). The summed E-state index contributed by atoms with van der Waals surface area (Å²) in [4.78, 5) is 20.1. The average molecular weight is 460 g/mol. The van der Waals surface area contributed by atoms with Gasteiger partial charge in [0.15, 0.2) is 17.3 Å². The van der Waals surface area contributed by atoms with Crippen LogP contribution in [0, 0.1) is 12.8 Å². The van der Waals surface area contributed by atoms with Gasteiger partial charge < -0.3 is 20.4 Å². The fraction of sp³-hybridized carbons (Fsp3) is 0.429. The number of hydrogen-bond donors (Lipinski definition) is 3. The summed E-state index contributed by atoms with van der Waals surface area (Å²) in [5, 5.41) is 24.8. The monoisotopic (exact) mass is 459 g/mol. The van der Waals surface area contributed by atoms with Crippen molar-refractivity contribution in [3.8, 4) is 22.6 Å². The molecule has 5 rings (SSSR count). The smallest absolute Gasteiger partial charge is 0.169 e. The molecule has 0 bridgehead atoms. The van der Waals surface area contributed by atoms with E-state index in [0.717, 1.165) is 66.2 Å². The number of benzene rings is 2. The van der Waals surface area contributed by atoms with Crippen LogP contribution in [0.2, 0.25) is 0 Å². The van der Waals surface area contributed by atoms with Crippen LogP contribution >= 0.6 is 0 Å². The van der Waals surface area contributed by atoms with Crippen molar-refractivity contribution >= 4 is 22.4 Å². The SMILES string of the molecule is Cc1cc(-c2ccc3ncc(C(=O)C4CC4)c(NC4CCC(N(C)C)CC4)c3c2)cc(O)c1O. The van der Waals surface area contributed by atoms with E-state index in [9.17, 15) is 15.0 Å². The molecule has 0 spiro atoms. The Labute approximate surface area is 200 Å². The summed E-state index contributed by atoms with van der Waals surface area (Å²) in [6.45, 7) is 1.77. The van der Waals surface area contributed by atoms with Crippen molar-refractivity contribution in [1.82, 2.24) is 9.88 Å². The van der Waals surface area contributed by atoms with Crippen LogP contribution in [0.1, 0.15) is 54.4 Å². The van der Waals surface area contributed by atoms with Crippen molar-refractivity contribution in [2.75, 3.05) is 19.4 Å². The molecule has 2 fully saturated rings. The molecule has 2 aromatic carbocycles. The zero-order chi connectivity index (χ0) is 24.0. The van der Waals surface area contributed by atoms with Crippen LogP contribution in [0.3, 0.4) is 0 Å². The van der Waals surface area contributed by atoms with Crippen LogP contribution < -0.4 is 5.32 Å². The van der Waals surface area contributed by atoms with Gasteiger partial charge in [-0.25, -0.2) is 0 Å². The number of carbonyl (C=O) groups excluding carboxylic acids is 1. The van der Waals surface area contributed by atoms with Gasteiger partial charge in [-0.05, 0) is 100 Å². The van der Waals surface area contributed by atoms with E-state index in [4.69, 9.17) is 0 Å². The van der Waals surface area contributed by atoms with Crippen molar-refractivity contribution < 1.29 is 15.0 Å². The first-order chi connectivity index (χ1) is 16.3. The zero-order valence-corrected chi connectivity index (χ0v) is 20.1. The molecule has 178 valence electrons. The minimum absolute atomic E-state index is 0.0980. The van der Waals surface area contributed by atoms with Gasteiger partial charge in [-0.3, -0.25) is 9.78 Å². The molecule has 0 atom stereocenters. The van der Waals surface area contributed by atoms with Crippen molar-refractivity contribution in [2.24, 2.45) is 5.92 Å². The molecule has 0 aliphatic heterocycles. The maximum absolute atomic E-state index is 13.2. The summed E-state index contributed by atoms with van der Waals surface area (Å²) in [6.07, 6.45) is 8.05. The molecule has 1 heterocycles. The van der Waals surface area contributed by atoms with Crippen LogP contribution in [0.5, 0.6) is 11.5 Å². The number of ketones is 1. The number of Topliss-reactive ketones (excluding diaryl/α,β-unsaturated/α-hetero) is 1. The van der Waals surface area contributed by atoms with E-state index in [2.05, 4.69) is 29.3 Å². The number of anilines is 1. The summed E-state index contributed by atoms with van der Waals surface area (Å²) < 4.78 is 0. The van der Waals surface area contributed by atoms with Gasteiger partial charge in [-0.15, -0.1) is 0 Å². The number of carbonyl (C=O) groups is 1. The molecular weight excluding hydrogens is 426 g/mol. The largest absolute Gasteiger partial charge is 0.504 e. The summed E-state index contributed by atoms with van der Waals surface area (Å²) in [5.41, 5.74) is 4.74. The minimum atomic E-state index is -0.137. The Balaban J connectivity index is 1.56. The second kappa shape index (κ2) is 8.91. The van der Waals surface area contributed by atoms with Crippen molar-refractivity contribution in [3.05, 3.63) is 47.7 Å². The summed E-state index contributed by atoms with van der Waals surface area (Å²) in [6, 6.07) is 10.3. The van der Waals surface area contributed by atoms with Crippen LogP contribution in [-0.2, 0) is 0 Å². The number of rotatable bonds is 6. The lowest BCUT2D eigenvalue weighted by Crippen LogP contribution is -2.36. The molecule has 2 aliphatic rings. The topological polar surface area (TPSA) is 85.7 Å². The fourth-order valence-corrected chi connectivity index (χ4v) is 5.15. The molecule has 6 nitrogen and oxygen atoms in total. The lowest BCUT2D eigenvalue weighted by Gasteiger charge is -2.34. The van der Waals surface area contributed by atoms with Gasteiger partial charge in [0.25, 0.3) is 0 Å². The average Bonchev–Trinajstić information content (AvgIpc) is 3.67. The number of aromatic nitrogens is 1. The van der Waals surface area contributed by atoms with E-state index in [1.807, 2.05) is 24.3 Å². The third kappa shape index (κ3) is 4.34. The normalized spacial score (nSPS) is 20.6. The molecule has 34 heavy (non-hydrogen) atoms. The number of hydrogen-bond acceptors (Lipinski definition) is 6. The number of phenols is 2. The molecule has 0 radical (unpaired) electrons. The number of fused-ring (bicyclic) bond motifs is 1. The highest BCUT2D eigenvalue weighted by Gasteiger charge is 2.33. The van der Waals surface area contributed by atoms with E-state index < -0.39 is 0 Å². The molecule has 0 unspecified atom stereocenters. The Hall–Kier alpha value is -3.12. The van der Waals surface area contributed by atoms with E-state index >= 15 is 0 Å². The number of aromatic hydroxyl groups is 2. The van der Waals surface area contributed by atoms with Gasteiger partial charge in [0.05, 0.1) is 16.8 Å². The first kappa shape index (κ1) is 22.7. The molecule has 3 N–H and O–H groups in total. The van der Waals surface area contributed by atoms with Crippen molar-refractivity contribution in [3.63, 3.8) is 0 Å². The molecule has 0 amide bonds. The number of aryl methyl sites for hydroxylation is 1. The molecule has 2 saturated carbocycles. The number of nitrogens with one attached hydrogen (secondary N) is 1. The highest BCUT2D eigenvalue weighted by Crippen LogP contribution is 2.40. The first-order valence-corrected chi connectivity index (χ1v) is 12.2. The Bertz CT molecular complexity index is 1220. The van der Waals surface area contributed by atoms with E-state index in [1.54, 1.807) is 19.2 Å². The Morgan fingerprint density at radius 3 is 2.38 bits per heavy atom. The number of pyridine rings is 1. The van der Waals surface area contributed by atoms with Crippen LogP contribution in [0.4, 0.5) is 5.69 Å². The van der Waals surface area contributed by atoms with Crippen LogP contribution in [0.15, 0.2) is 36.5 Å². The zero-order valence-electron chi connectivity index (χ0n) is 20.1. The molecular formula is C28H33N3O3. The quantitative estimate of drug-likeness (QED) is 0.333. The summed E-state index contributed by atoms with van der Waals surface area (Å²) in [5.74, 6) is 0.0626. The van der Waals surface area contributed by atoms with Crippen molar-refractivity contribution in [1.29, 1.82) is 0 Å². The van der Waals surface area contributed by atoms with E-state index in [0.29, 0.717) is 23.2 Å². The Morgan fingerprint density at radius 2 is 1.74 bits per heavy atom. The molecule has 1 aromatic heterocycles. The third-order valence-electron chi connectivity index (χ3n) is 7.47. The molecule has 3 aromatic rings. The maximum atomic E-state index is 13.2. The molecule has 6 heteroatoms. The van der Waals surface area contributed by atoms with Gasteiger partial charge in [0.2, 0.25) is 0 Å². The van der Waals surface area contributed by atoms with Crippen LogP contribution in [0.25, 0.3) is 22.0 Å². The highest BCUT2D eigenvalue weighted by molar-refractivity contribution is 6.10. The maximum Gasteiger partial charge on any atom is 0.169 e. The van der Waals surface area contributed by atoms with E-state index in [1.165, 1.54) is 0 Å². The molecule has 0 saturated heterocycles. The van der Waals surface area contributed by atoms with Crippen LogP contribution in [-0.4, -0.2) is 52.1 Å².